The van der Waals surface area contributed by atoms with Gasteiger partial charge in [0.2, 0.25) is 0 Å². The molecule has 14 heavy (non-hydrogen) atoms. The van der Waals surface area contributed by atoms with Crippen molar-refractivity contribution < 1.29 is 13.5 Å². The molecule has 1 aromatic carbocycles. The van der Waals surface area contributed by atoms with Crippen LogP contribution in [0.1, 0.15) is 11.7 Å². The third-order valence-electron chi connectivity index (χ3n) is 1.87. The Kier molecular flexibility index (Phi) is 3.08. The average Bonchev–Trinajstić information content (AvgIpc) is 2.15. The summed E-state index contributed by atoms with van der Waals surface area (Å²) in [6.07, 6.45) is 1.78. The molecule has 0 aliphatic rings. The molecule has 0 aliphatic carbocycles. The van der Waals surface area contributed by atoms with Crippen LogP contribution in [0.25, 0.3) is 0 Å². The lowest BCUT2D eigenvalue weighted by Crippen LogP contribution is -1.98. The van der Waals surface area contributed by atoms with Gasteiger partial charge in [-0.3, -0.25) is 0 Å². The lowest BCUT2D eigenvalue weighted by atomic mass is 10.1. The quantitative estimate of drug-likeness (QED) is 0.768. The highest BCUT2D eigenvalue weighted by Gasteiger charge is 2.07. The maximum absolute atomic E-state index is 11.1. The Balaban J connectivity index is 3.07. The van der Waals surface area contributed by atoms with Crippen LogP contribution >= 0.6 is 0 Å². The van der Waals surface area contributed by atoms with Crippen molar-refractivity contribution in [1.82, 2.24) is 0 Å². The van der Waals surface area contributed by atoms with Gasteiger partial charge < -0.3 is 5.11 Å². The van der Waals surface area contributed by atoms with Crippen molar-refractivity contribution >= 4 is 9.84 Å². The zero-order chi connectivity index (χ0) is 10.8. The third-order valence-corrected chi connectivity index (χ3v) is 3.00. The van der Waals surface area contributed by atoms with E-state index in [0.717, 1.165) is 6.26 Å². The molecule has 1 aromatic rings. The fourth-order valence-corrected chi connectivity index (χ4v) is 1.68. The predicted octanol–water partition coefficient (Wildman–Crippen LogP) is 1.31. The monoisotopic (exact) mass is 212 g/mol. The van der Waals surface area contributed by atoms with Crippen LogP contribution in [0, 0.1) is 0 Å². The molecule has 0 fully saturated rings. The molecule has 1 atom stereocenters. The van der Waals surface area contributed by atoms with Gasteiger partial charge in [-0.15, -0.1) is 6.58 Å². The fourth-order valence-electron chi connectivity index (χ4n) is 1.05. The van der Waals surface area contributed by atoms with Crippen LogP contribution in [-0.2, 0) is 9.84 Å². The molecule has 1 N–H and O–H groups in total. The Morgan fingerprint density at radius 3 is 2.21 bits per heavy atom. The zero-order valence-corrected chi connectivity index (χ0v) is 8.66. The highest BCUT2D eigenvalue weighted by atomic mass is 32.2. The van der Waals surface area contributed by atoms with Gasteiger partial charge in [0.25, 0.3) is 0 Å². The summed E-state index contributed by atoms with van der Waals surface area (Å²) in [5, 5.41) is 9.36. The van der Waals surface area contributed by atoms with E-state index in [0.29, 0.717) is 5.56 Å². The fraction of sp³-hybridized carbons (Fsp3) is 0.200. The van der Waals surface area contributed by atoms with Crippen molar-refractivity contribution in [1.29, 1.82) is 0 Å². The van der Waals surface area contributed by atoms with Gasteiger partial charge in [0.15, 0.2) is 9.84 Å². The molecule has 0 radical (unpaired) electrons. The number of hydrogen-bond acceptors (Lipinski definition) is 3. The summed E-state index contributed by atoms with van der Waals surface area (Å²) < 4.78 is 22.2. The molecule has 0 spiro atoms. The Hall–Kier alpha value is -1.13. The highest BCUT2D eigenvalue weighted by molar-refractivity contribution is 7.90. The van der Waals surface area contributed by atoms with E-state index in [9.17, 15) is 13.5 Å². The Morgan fingerprint density at radius 2 is 1.86 bits per heavy atom. The highest BCUT2D eigenvalue weighted by Crippen LogP contribution is 2.16. The molecular formula is C10H12O3S. The van der Waals surface area contributed by atoms with Crippen LogP contribution in [0.4, 0.5) is 0 Å². The minimum absolute atomic E-state index is 0.248. The maximum Gasteiger partial charge on any atom is 0.175 e. The molecule has 4 heteroatoms. The normalized spacial score (nSPS) is 13.6. The van der Waals surface area contributed by atoms with Crippen molar-refractivity contribution in [2.75, 3.05) is 6.26 Å². The Morgan fingerprint density at radius 1 is 1.36 bits per heavy atom. The van der Waals surface area contributed by atoms with E-state index >= 15 is 0 Å². The molecule has 3 nitrogen and oxygen atoms in total. The number of rotatable bonds is 3. The molecule has 0 amide bonds. The van der Waals surface area contributed by atoms with Crippen molar-refractivity contribution in [3.8, 4) is 0 Å². The maximum atomic E-state index is 11.1. The van der Waals surface area contributed by atoms with Gasteiger partial charge in [-0.05, 0) is 17.7 Å². The molecule has 0 unspecified atom stereocenters. The zero-order valence-electron chi connectivity index (χ0n) is 7.84. The third kappa shape index (κ3) is 2.43. The summed E-state index contributed by atoms with van der Waals surface area (Å²) in [7, 11) is -3.16. The van der Waals surface area contributed by atoms with Crippen LogP contribution in [0.15, 0.2) is 41.8 Å². The number of aliphatic hydroxyl groups excluding tert-OH is 1. The van der Waals surface area contributed by atoms with E-state index in [1.165, 1.54) is 18.2 Å². The van der Waals surface area contributed by atoms with Crippen LogP contribution in [0.5, 0.6) is 0 Å². The first-order valence-corrected chi connectivity index (χ1v) is 5.95. The molecular weight excluding hydrogens is 200 g/mol. The van der Waals surface area contributed by atoms with E-state index in [1.54, 1.807) is 12.1 Å². The SMILES string of the molecule is C=C[C@H](O)c1ccc(S(C)(=O)=O)cc1. The summed E-state index contributed by atoms with van der Waals surface area (Å²) >= 11 is 0. The summed E-state index contributed by atoms with van der Waals surface area (Å²) in [4.78, 5) is 0.248. The van der Waals surface area contributed by atoms with E-state index in [2.05, 4.69) is 6.58 Å². The second-order valence-corrected chi connectivity index (χ2v) is 5.04. The lowest BCUT2D eigenvalue weighted by molar-refractivity contribution is 0.229. The van der Waals surface area contributed by atoms with Gasteiger partial charge in [-0.25, -0.2) is 8.42 Å². The number of sulfone groups is 1. The Labute approximate surface area is 83.6 Å². The van der Waals surface area contributed by atoms with Crippen molar-refractivity contribution in [2.24, 2.45) is 0 Å². The summed E-state index contributed by atoms with van der Waals surface area (Å²) in [5.74, 6) is 0. The van der Waals surface area contributed by atoms with E-state index in [-0.39, 0.29) is 4.90 Å². The molecule has 0 heterocycles. The minimum Gasteiger partial charge on any atom is -0.384 e. The average molecular weight is 212 g/mol. The van der Waals surface area contributed by atoms with Crippen LogP contribution in [0.3, 0.4) is 0 Å². The first kappa shape index (κ1) is 10.9. The molecule has 0 aliphatic heterocycles. The molecule has 0 aromatic heterocycles. The second-order valence-electron chi connectivity index (χ2n) is 3.02. The van der Waals surface area contributed by atoms with Crippen molar-refractivity contribution in [3.05, 3.63) is 42.5 Å². The van der Waals surface area contributed by atoms with Crippen LogP contribution in [0.2, 0.25) is 0 Å². The van der Waals surface area contributed by atoms with Crippen molar-refractivity contribution in [2.45, 2.75) is 11.0 Å². The predicted molar refractivity (Wildman–Crippen MR) is 54.7 cm³/mol. The van der Waals surface area contributed by atoms with E-state index < -0.39 is 15.9 Å². The van der Waals surface area contributed by atoms with Gasteiger partial charge in [-0.2, -0.15) is 0 Å². The number of hydrogen-bond donors (Lipinski definition) is 1. The van der Waals surface area contributed by atoms with Gasteiger partial charge in [0.1, 0.15) is 0 Å². The number of benzene rings is 1. The van der Waals surface area contributed by atoms with Crippen LogP contribution < -0.4 is 0 Å². The van der Waals surface area contributed by atoms with Crippen LogP contribution in [-0.4, -0.2) is 19.8 Å². The summed E-state index contributed by atoms with van der Waals surface area (Å²) in [5.41, 5.74) is 0.632. The molecule has 76 valence electrons. The molecule has 0 saturated carbocycles. The first-order chi connectivity index (χ1) is 6.45. The largest absolute Gasteiger partial charge is 0.384 e. The summed E-state index contributed by atoms with van der Waals surface area (Å²) in [6, 6.07) is 6.08. The smallest absolute Gasteiger partial charge is 0.175 e. The standard InChI is InChI=1S/C10H12O3S/c1-3-10(11)8-4-6-9(7-5-8)14(2,12)13/h3-7,10-11H,1H2,2H3/t10-/m0/s1. The van der Waals surface area contributed by atoms with Gasteiger partial charge >= 0.3 is 0 Å². The summed E-state index contributed by atoms with van der Waals surface area (Å²) in [6.45, 7) is 3.44. The molecule has 0 bridgehead atoms. The van der Waals surface area contributed by atoms with Gasteiger partial charge in [-0.1, -0.05) is 18.2 Å². The molecule has 0 saturated heterocycles. The number of aliphatic hydroxyl groups is 1. The van der Waals surface area contributed by atoms with E-state index in [1.807, 2.05) is 0 Å². The first-order valence-electron chi connectivity index (χ1n) is 4.06. The minimum atomic E-state index is -3.16. The van der Waals surface area contributed by atoms with E-state index in [4.69, 9.17) is 0 Å². The van der Waals surface area contributed by atoms with Gasteiger partial charge in [0, 0.05) is 6.26 Å². The Bertz CT molecular complexity index is 417. The topological polar surface area (TPSA) is 54.4 Å². The lowest BCUT2D eigenvalue weighted by Gasteiger charge is -2.05. The van der Waals surface area contributed by atoms with Crippen molar-refractivity contribution in [3.63, 3.8) is 0 Å². The molecule has 1 rings (SSSR count). The second kappa shape index (κ2) is 3.94. The van der Waals surface area contributed by atoms with Gasteiger partial charge in [0.05, 0.1) is 11.0 Å².